The summed E-state index contributed by atoms with van der Waals surface area (Å²) in [5, 5.41) is 10.4. The summed E-state index contributed by atoms with van der Waals surface area (Å²) in [4.78, 5) is 11.9. The van der Waals surface area contributed by atoms with Crippen LogP contribution in [0.5, 0.6) is 5.75 Å². The Morgan fingerprint density at radius 3 is 2.75 bits per heavy atom. The van der Waals surface area contributed by atoms with Crippen LogP contribution >= 0.6 is 0 Å². The number of hydrogen-bond acceptors (Lipinski definition) is 5. The third-order valence-corrected chi connectivity index (χ3v) is 2.71. The predicted molar refractivity (Wildman–Crippen MR) is 73.7 cm³/mol. The summed E-state index contributed by atoms with van der Waals surface area (Å²) in [5.41, 5.74) is 2.37. The molecule has 0 aliphatic carbocycles. The molecule has 2 aromatic rings. The number of hydrogen-bond donors (Lipinski definition) is 1. The molecule has 0 amide bonds. The molecule has 1 aromatic heterocycles. The fourth-order valence-corrected chi connectivity index (χ4v) is 1.87. The Labute approximate surface area is 117 Å². The molecular weight excluding hydrogens is 258 g/mol. The number of aromatic amines is 1. The van der Waals surface area contributed by atoms with Gasteiger partial charge in [0.15, 0.2) is 5.69 Å². The molecule has 106 valence electrons. The molecule has 6 heteroatoms. The Morgan fingerprint density at radius 2 is 2.05 bits per heavy atom. The number of esters is 1. The molecule has 1 N–H and O–H groups in total. The second-order valence-corrected chi connectivity index (χ2v) is 4.17. The van der Waals surface area contributed by atoms with Gasteiger partial charge in [-0.3, -0.25) is 0 Å². The van der Waals surface area contributed by atoms with E-state index in [0.717, 1.165) is 11.1 Å². The molecule has 0 saturated carbocycles. The first-order chi connectivity index (χ1) is 9.67. The Bertz CT molecular complexity index is 607. The van der Waals surface area contributed by atoms with Gasteiger partial charge in [-0.1, -0.05) is 11.6 Å². The van der Waals surface area contributed by atoms with Gasteiger partial charge in [0.25, 0.3) is 0 Å². The van der Waals surface area contributed by atoms with Gasteiger partial charge in [0, 0.05) is 5.56 Å². The topological polar surface area (TPSA) is 77.1 Å². The van der Waals surface area contributed by atoms with E-state index in [-0.39, 0.29) is 12.3 Å². The van der Waals surface area contributed by atoms with Crippen LogP contribution in [0.1, 0.15) is 29.9 Å². The summed E-state index contributed by atoms with van der Waals surface area (Å²) in [7, 11) is 0. The fraction of sp³-hybridized carbons (Fsp3) is 0.357. The number of aryl methyl sites for hydroxylation is 1. The van der Waals surface area contributed by atoms with E-state index in [2.05, 4.69) is 15.4 Å². The highest BCUT2D eigenvalue weighted by molar-refractivity contribution is 5.94. The van der Waals surface area contributed by atoms with Crippen molar-refractivity contribution >= 4 is 5.97 Å². The lowest BCUT2D eigenvalue weighted by Crippen LogP contribution is -2.07. The second-order valence-electron chi connectivity index (χ2n) is 4.17. The predicted octanol–water partition coefficient (Wildman–Crippen LogP) is 2.36. The van der Waals surface area contributed by atoms with Crippen molar-refractivity contribution in [3.63, 3.8) is 0 Å². The monoisotopic (exact) mass is 275 g/mol. The Balaban J connectivity index is 2.48. The first-order valence-corrected chi connectivity index (χ1v) is 6.49. The van der Waals surface area contributed by atoms with Gasteiger partial charge in [-0.25, -0.2) is 4.79 Å². The summed E-state index contributed by atoms with van der Waals surface area (Å²) < 4.78 is 10.6. The van der Waals surface area contributed by atoms with Crippen LogP contribution in [0.3, 0.4) is 0 Å². The maximum atomic E-state index is 11.9. The zero-order valence-corrected chi connectivity index (χ0v) is 11.8. The molecule has 6 nitrogen and oxygen atoms in total. The van der Waals surface area contributed by atoms with E-state index in [0.29, 0.717) is 18.1 Å². The molecular formula is C14H17N3O3. The maximum absolute atomic E-state index is 11.9. The largest absolute Gasteiger partial charge is 0.493 e. The van der Waals surface area contributed by atoms with Gasteiger partial charge in [0.05, 0.1) is 13.2 Å². The van der Waals surface area contributed by atoms with Crippen molar-refractivity contribution in [3.8, 4) is 17.0 Å². The fourth-order valence-electron chi connectivity index (χ4n) is 1.87. The number of aromatic nitrogens is 3. The van der Waals surface area contributed by atoms with Crippen LogP contribution in [-0.2, 0) is 4.74 Å². The lowest BCUT2D eigenvalue weighted by Gasteiger charge is -2.10. The molecule has 0 fully saturated rings. The van der Waals surface area contributed by atoms with Gasteiger partial charge in [-0.05, 0) is 32.9 Å². The molecule has 2 rings (SSSR count). The van der Waals surface area contributed by atoms with Crippen molar-refractivity contribution in [3.05, 3.63) is 29.5 Å². The summed E-state index contributed by atoms with van der Waals surface area (Å²) >= 11 is 0. The number of rotatable bonds is 5. The van der Waals surface area contributed by atoms with Crippen LogP contribution in [-0.4, -0.2) is 34.6 Å². The van der Waals surface area contributed by atoms with E-state index in [1.54, 1.807) is 6.92 Å². The number of nitrogens with zero attached hydrogens (tertiary/aromatic N) is 2. The van der Waals surface area contributed by atoms with Gasteiger partial charge in [-0.2, -0.15) is 10.3 Å². The third-order valence-electron chi connectivity index (χ3n) is 2.71. The highest BCUT2D eigenvalue weighted by Gasteiger charge is 2.21. The van der Waals surface area contributed by atoms with Crippen LogP contribution in [0.15, 0.2) is 18.2 Å². The second kappa shape index (κ2) is 6.18. The normalized spacial score (nSPS) is 10.3. The van der Waals surface area contributed by atoms with Crippen LogP contribution < -0.4 is 4.74 Å². The van der Waals surface area contributed by atoms with Crippen molar-refractivity contribution in [2.45, 2.75) is 20.8 Å². The third kappa shape index (κ3) is 2.79. The Kier molecular flexibility index (Phi) is 4.34. The van der Waals surface area contributed by atoms with E-state index in [9.17, 15) is 4.79 Å². The van der Waals surface area contributed by atoms with Gasteiger partial charge < -0.3 is 9.47 Å². The molecule has 20 heavy (non-hydrogen) atoms. The van der Waals surface area contributed by atoms with Crippen molar-refractivity contribution in [2.24, 2.45) is 0 Å². The zero-order valence-electron chi connectivity index (χ0n) is 11.8. The zero-order chi connectivity index (χ0) is 14.5. The van der Waals surface area contributed by atoms with Crippen molar-refractivity contribution < 1.29 is 14.3 Å². The number of ether oxygens (including phenoxy) is 2. The molecule has 0 atom stereocenters. The van der Waals surface area contributed by atoms with Crippen molar-refractivity contribution in [2.75, 3.05) is 13.2 Å². The van der Waals surface area contributed by atoms with Gasteiger partial charge in [0.2, 0.25) is 0 Å². The van der Waals surface area contributed by atoms with Crippen LogP contribution in [0, 0.1) is 6.92 Å². The lowest BCUT2D eigenvalue weighted by atomic mass is 10.1. The average Bonchev–Trinajstić information content (AvgIpc) is 2.90. The van der Waals surface area contributed by atoms with Crippen LogP contribution in [0.2, 0.25) is 0 Å². The molecule has 0 aliphatic heterocycles. The van der Waals surface area contributed by atoms with E-state index in [4.69, 9.17) is 9.47 Å². The SMILES string of the molecule is CCOC(=O)c1n[nH]nc1-c1cc(C)ccc1OCC. The number of carbonyl (C=O) groups is 1. The van der Waals surface area contributed by atoms with E-state index < -0.39 is 5.97 Å². The molecule has 0 saturated heterocycles. The van der Waals surface area contributed by atoms with Gasteiger partial charge >= 0.3 is 5.97 Å². The average molecular weight is 275 g/mol. The van der Waals surface area contributed by atoms with Crippen LogP contribution in [0.25, 0.3) is 11.3 Å². The Hall–Kier alpha value is -2.37. The summed E-state index contributed by atoms with van der Waals surface area (Å²) in [5.74, 6) is 0.165. The molecule has 0 aliphatic rings. The minimum absolute atomic E-state index is 0.165. The number of H-pyrrole nitrogens is 1. The van der Waals surface area contributed by atoms with Gasteiger partial charge in [-0.15, -0.1) is 5.10 Å². The highest BCUT2D eigenvalue weighted by atomic mass is 16.5. The summed E-state index contributed by atoms with van der Waals surface area (Å²) in [6.45, 7) is 6.43. The van der Waals surface area contributed by atoms with E-state index in [1.165, 1.54) is 0 Å². The van der Waals surface area contributed by atoms with Crippen molar-refractivity contribution in [1.82, 2.24) is 15.4 Å². The first kappa shape index (κ1) is 14.0. The van der Waals surface area contributed by atoms with E-state index >= 15 is 0 Å². The molecule has 0 bridgehead atoms. The first-order valence-electron chi connectivity index (χ1n) is 6.49. The summed E-state index contributed by atoms with van der Waals surface area (Å²) in [6, 6.07) is 5.71. The van der Waals surface area contributed by atoms with E-state index in [1.807, 2.05) is 32.0 Å². The number of benzene rings is 1. The smallest absolute Gasteiger partial charge is 0.361 e. The standard InChI is InChI=1S/C14H17N3O3/c1-4-19-11-7-6-9(3)8-10(11)12-13(16-17-15-12)14(18)20-5-2/h6-8H,4-5H2,1-3H3,(H,15,16,17). The summed E-state index contributed by atoms with van der Waals surface area (Å²) in [6.07, 6.45) is 0. The molecule has 0 unspecified atom stereocenters. The molecule has 0 spiro atoms. The minimum Gasteiger partial charge on any atom is -0.493 e. The number of nitrogens with one attached hydrogen (secondary N) is 1. The molecule has 1 aromatic carbocycles. The minimum atomic E-state index is -0.500. The number of carbonyl (C=O) groups excluding carboxylic acids is 1. The molecule has 0 radical (unpaired) electrons. The quantitative estimate of drug-likeness (QED) is 0.847. The lowest BCUT2D eigenvalue weighted by molar-refractivity contribution is 0.0520. The Morgan fingerprint density at radius 1 is 1.25 bits per heavy atom. The maximum Gasteiger partial charge on any atom is 0.361 e. The highest BCUT2D eigenvalue weighted by Crippen LogP contribution is 2.31. The van der Waals surface area contributed by atoms with Crippen molar-refractivity contribution in [1.29, 1.82) is 0 Å². The van der Waals surface area contributed by atoms with Gasteiger partial charge in [0.1, 0.15) is 11.4 Å². The molecule has 1 heterocycles. The van der Waals surface area contributed by atoms with Crippen LogP contribution in [0.4, 0.5) is 0 Å².